The fourth-order valence-electron chi connectivity index (χ4n) is 3.19. The predicted molar refractivity (Wildman–Crippen MR) is 120 cm³/mol. The molecule has 4 rings (SSSR count). The summed E-state index contributed by atoms with van der Waals surface area (Å²) in [6.07, 6.45) is 3.49. The maximum absolute atomic E-state index is 12.2. The summed E-state index contributed by atoms with van der Waals surface area (Å²) in [5.74, 6) is -0.212. The molecule has 0 spiro atoms. The summed E-state index contributed by atoms with van der Waals surface area (Å²) in [6.45, 7) is 3.61. The second-order valence-electron chi connectivity index (χ2n) is 7.50. The molecule has 7 nitrogen and oxygen atoms in total. The fraction of sp³-hybridized carbons (Fsp3) is 0.167. The molecule has 0 atom stereocenters. The first-order valence-electron chi connectivity index (χ1n) is 9.89. The first kappa shape index (κ1) is 20.3. The summed E-state index contributed by atoms with van der Waals surface area (Å²) < 4.78 is 4.86. The number of aromatic nitrogens is 3. The monoisotopic (exact) mass is 414 g/mol. The average Bonchev–Trinajstić information content (AvgIpc) is 3.28. The van der Waals surface area contributed by atoms with Gasteiger partial charge in [0.25, 0.3) is 0 Å². The topological polar surface area (TPSA) is 97.0 Å². The van der Waals surface area contributed by atoms with E-state index in [1.54, 1.807) is 38.2 Å². The Morgan fingerprint density at radius 1 is 1.00 bits per heavy atom. The van der Waals surface area contributed by atoms with Crippen LogP contribution in [0.3, 0.4) is 0 Å². The fourth-order valence-corrected chi connectivity index (χ4v) is 3.19. The third kappa shape index (κ3) is 4.30. The van der Waals surface area contributed by atoms with Crippen molar-refractivity contribution in [3.05, 3.63) is 66.5 Å². The molecule has 31 heavy (non-hydrogen) atoms. The van der Waals surface area contributed by atoms with Gasteiger partial charge in [0.05, 0.1) is 24.6 Å². The number of imidazole rings is 1. The molecule has 0 fully saturated rings. The number of amides is 1. The number of methoxy groups -OCH3 is 1. The molecule has 0 saturated heterocycles. The summed E-state index contributed by atoms with van der Waals surface area (Å²) in [4.78, 5) is 36.5. The van der Waals surface area contributed by atoms with Crippen LogP contribution < -0.4 is 5.32 Å². The van der Waals surface area contributed by atoms with E-state index in [4.69, 9.17) is 4.74 Å². The third-order valence-electron chi connectivity index (χ3n) is 4.91. The van der Waals surface area contributed by atoms with Gasteiger partial charge < -0.3 is 15.0 Å². The number of pyridine rings is 1. The molecule has 1 amide bonds. The summed E-state index contributed by atoms with van der Waals surface area (Å²) in [6, 6.07) is 15.0. The highest BCUT2D eigenvalue weighted by molar-refractivity contribution is 5.97. The maximum atomic E-state index is 12.2. The zero-order chi connectivity index (χ0) is 22.0. The number of anilines is 1. The van der Waals surface area contributed by atoms with Gasteiger partial charge in [-0.1, -0.05) is 38.1 Å². The molecule has 4 aromatic rings. The van der Waals surface area contributed by atoms with Gasteiger partial charge in [-0.2, -0.15) is 0 Å². The molecular formula is C24H22N4O3. The van der Waals surface area contributed by atoms with Gasteiger partial charge in [0.15, 0.2) is 5.82 Å². The Labute approximate surface area is 179 Å². The number of H-pyrrole nitrogens is 1. The Balaban J connectivity index is 1.72. The molecule has 0 saturated carbocycles. The molecule has 2 aromatic carbocycles. The molecule has 0 bridgehead atoms. The molecule has 2 aromatic heterocycles. The van der Waals surface area contributed by atoms with Crippen molar-refractivity contribution in [1.29, 1.82) is 0 Å². The number of carbonyl (C=O) groups is 2. The molecule has 7 heteroatoms. The van der Waals surface area contributed by atoms with Crippen molar-refractivity contribution in [2.45, 2.75) is 13.8 Å². The number of aromatic amines is 1. The molecule has 0 aliphatic rings. The SMILES string of the molecule is COC(=O)c1cc(NC(=O)C(C)C)cc(-c2cnc(-c3cc4ccccc4cn3)[nH]2)c1. The number of rotatable bonds is 5. The largest absolute Gasteiger partial charge is 0.465 e. The lowest BCUT2D eigenvalue weighted by Crippen LogP contribution is -2.18. The molecule has 0 aliphatic carbocycles. The van der Waals surface area contributed by atoms with E-state index < -0.39 is 5.97 Å². The number of fused-ring (bicyclic) bond motifs is 1. The van der Waals surface area contributed by atoms with Crippen LogP contribution in [0.1, 0.15) is 24.2 Å². The smallest absolute Gasteiger partial charge is 0.337 e. The second kappa shape index (κ2) is 8.39. The van der Waals surface area contributed by atoms with E-state index in [1.165, 1.54) is 7.11 Å². The van der Waals surface area contributed by atoms with Crippen molar-refractivity contribution in [2.75, 3.05) is 12.4 Å². The minimum Gasteiger partial charge on any atom is -0.465 e. The van der Waals surface area contributed by atoms with Gasteiger partial charge in [-0.05, 0) is 29.7 Å². The van der Waals surface area contributed by atoms with Crippen molar-refractivity contribution in [3.63, 3.8) is 0 Å². The van der Waals surface area contributed by atoms with E-state index >= 15 is 0 Å². The first-order chi connectivity index (χ1) is 14.9. The van der Waals surface area contributed by atoms with Crippen molar-refractivity contribution >= 4 is 28.3 Å². The Morgan fingerprint density at radius 3 is 2.52 bits per heavy atom. The highest BCUT2D eigenvalue weighted by Gasteiger charge is 2.15. The predicted octanol–water partition coefficient (Wildman–Crippen LogP) is 4.67. The zero-order valence-corrected chi connectivity index (χ0v) is 17.5. The van der Waals surface area contributed by atoms with Crippen LogP contribution in [0.25, 0.3) is 33.5 Å². The summed E-state index contributed by atoms with van der Waals surface area (Å²) in [5, 5.41) is 4.95. The van der Waals surface area contributed by atoms with Crippen LogP contribution in [0.15, 0.2) is 60.9 Å². The van der Waals surface area contributed by atoms with Crippen LogP contribution in [0, 0.1) is 5.92 Å². The van der Waals surface area contributed by atoms with Gasteiger partial charge in [-0.25, -0.2) is 9.78 Å². The average molecular weight is 414 g/mol. The Hall–Kier alpha value is -4.00. The molecule has 156 valence electrons. The van der Waals surface area contributed by atoms with Crippen LogP contribution in [-0.4, -0.2) is 33.9 Å². The standard InChI is InChI=1S/C24H22N4O3/c1-14(2)23(29)27-19-9-17(8-18(10-19)24(30)31-3)21-13-26-22(28-21)20-11-15-6-4-5-7-16(15)12-25-20/h4-14H,1-3H3,(H,26,28)(H,27,29). The molecule has 0 radical (unpaired) electrons. The number of nitrogens with one attached hydrogen (secondary N) is 2. The van der Waals surface area contributed by atoms with Crippen LogP contribution in [0.5, 0.6) is 0 Å². The number of ether oxygens (including phenoxy) is 1. The van der Waals surface area contributed by atoms with Gasteiger partial charge in [-0.15, -0.1) is 0 Å². The molecule has 2 N–H and O–H groups in total. The number of hydrogen-bond acceptors (Lipinski definition) is 5. The van der Waals surface area contributed by atoms with Gasteiger partial charge in [0, 0.05) is 28.8 Å². The Morgan fingerprint density at radius 2 is 1.77 bits per heavy atom. The number of carbonyl (C=O) groups excluding carboxylic acids is 2. The molecule has 0 unspecified atom stereocenters. The van der Waals surface area contributed by atoms with Gasteiger partial charge >= 0.3 is 5.97 Å². The molecule has 0 aliphatic heterocycles. The van der Waals surface area contributed by atoms with Crippen LogP contribution >= 0.6 is 0 Å². The number of benzene rings is 2. The Kier molecular flexibility index (Phi) is 5.49. The normalized spacial score (nSPS) is 11.0. The molecular weight excluding hydrogens is 392 g/mol. The Bertz CT molecular complexity index is 1280. The number of esters is 1. The quantitative estimate of drug-likeness (QED) is 0.463. The van der Waals surface area contributed by atoms with Crippen molar-refractivity contribution in [3.8, 4) is 22.8 Å². The summed E-state index contributed by atoms with van der Waals surface area (Å²) >= 11 is 0. The van der Waals surface area contributed by atoms with Crippen LogP contribution in [-0.2, 0) is 9.53 Å². The van der Waals surface area contributed by atoms with Gasteiger partial charge in [0.1, 0.15) is 5.69 Å². The van der Waals surface area contributed by atoms with E-state index in [2.05, 4.69) is 20.3 Å². The minimum absolute atomic E-state index is 0.140. The van der Waals surface area contributed by atoms with E-state index in [1.807, 2.05) is 36.5 Å². The van der Waals surface area contributed by atoms with E-state index in [9.17, 15) is 9.59 Å². The van der Waals surface area contributed by atoms with Crippen molar-refractivity contribution in [1.82, 2.24) is 15.0 Å². The van der Waals surface area contributed by atoms with Crippen LogP contribution in [0.4, 0.5) is 5.69 Å². The third-order valence-corrected chi connectivity index (χ3v) is 4.91. The lowest BCUT2D eigenvalue weighted by molar-refractivity contribution is -0.118. The van der Waals surface area contributed by atoms with Crippen molar-refractivity contribution in [2.24, 2.45) is 5.92 Å². The minimum atomic E-state index is -0.488. The van der Waals surface area contributed by atoms with E-state index in [0.717, 1.165) is 10.8 Å². The highest BCUT2D eigenvalue weighted by Crippen LogP contribution is 2.27. The first-order valence-corrected chi connectivity index (χ1v) is 9.89. The summed E-state index contributed by atoms with van der Waals surface area (Å²) in [7, 11) is 1.32. The lowest BCUT2D eigenvalue weighted by atomic mass is 10.1. The van der Waals surface area contributed by atoms with Crippen molar-refractivity contribution < 1.29 is 14.3 Å². The van der Waals surface area contributed by atoms with Crippen LogP contribution in [0.2, 0.25) is 0 Å². The summed E-state index contributed by atoms with van der Waals surface area (Å²) in [5.41, 5.74) is 2.94. The number of nitrogens with zero attached hydrogens (tertiary/aromatic N) is 2. The van der Waals surface area contributed by atoms with E-state index in [-0.39, 0.29) is 11.8 Å². The van der Waals surface area contributed by atoms with Gasteiger partial charge in [-0.3, -0.25) is 9.78 Å². The van der Waals surface area contributed by atoms with E-state index in [0.29, 0.717) is 34.0 Å². The second-order valence-corrected chi connectivity index (χ2v) is 7.50. The van der Waals surface area contributed by atoms with Gasteiger partial charge in [0.2, 0.25) is 5.91 Å². The number of hydrogen-bond donors (Lipinski definition) is 2. The zero-order valence-electron chi connectivity index (χ0n) is 17.5. The maximum Gasteiger partial charge on any atom is 0.337 e. The highest BCUT2D eigenvalue weighted by atomic mass is 16.5. The molecule has 2 heterocycles. The lowest BCUT2D eigenvalue weighted by Gasteiger charge is -2.11.